The molecule has 0 bridgehead atoms. The lowest BCUT2D eigenvalue weighted by molar-refractivity contribution is 0.0695. The van der Waals surface area contributed by atoms with Crippen molar-refractivity contribution in [2.75, 3.05) is 11.4 Å². The minimum absolute atomic E-state index is 0.380. The molecular weight excluding hydrogens is 266 g/mol. The molecule has 1 aliphatic heterocycles. The van der Waals surface area contributed by atoms with E-state index in [9.17, 15) is 9.90 Å². The lowest BCUT2D eigenvalue weighted by atomic mass is 9.94. The van der Waals surface area contributed by atoms with Crippen LogP contribution in [0.3, 0.4) is 0 Å². The topological polar surface area (TPSA) is 77.2 Å². The van der Waals surface area contributed by atoms with Crippen LogP contribution >= 0.6 is 0 Å². The van der Waals surface area contributed by atoms with Crippen molar-refractivity contribution in [1.82, 2.24) is 4.98 Å². The van der Waals surface area contributed by atoms with Gasteiger partial charge in [0.25, 0.3) is 0 Å². The van der Waals surface area contributed by atoms with Crippen LogP contribution in [0.4, 0.5) is 5.82 Å². The fourth-order valence-electron chi connectivity index (χ4n) is 2.67. The lowest BCUT2D eigenvalue weighted by Crippen LogP contribution is -2.32. The smallest absolute Gasteiger partial charge is 0.335 e. The van der Waals surface area contributed by atoms with Crippen LogP contribution in [0.1, 0.15) is 27.0 Å². The van der Waals surface area contributed by atoms with Crippen molar-refractivity contribution >= 4 is 11.8 Å². The van der Waals surface area contributed by atoms with Crippen LogP contribution in [0.2, 0.25) is 0 Å². The number of carboxylic acids is 1. The van der Waals surface area contributed by atoms with Crippen molar-refractivity contribution < 1.29 is 9.90 Å². The van der Waals surface area contributed by atoms with E-state index in [-0.39, 0.29) is 0 Å². The number of benzene rings is 1. The first-order valence-electron chi connectivity index (χ1n) is 6.64. The van der Waals surface area contributed by atoms with E-state index in [1.165, 1.54) is 0 Å². The molecule has 0 aliphatic carbocycles. The van der Waals surface area contributed by atoms with E-state index in [1.807, 2.05) is 6.07 Å². The van der Waals surface area contributed by atoms with E-state index in [0.717, 1.165) is 16.9 Å². The highest BCUT2D eigenvalue weighted by Crippen LogP contribution is 2.26. The molecule has 0 saturated heterocycles. The Balaban J connectivity index is 1.93. The number of hydrogen-bond acceptors (Lipinski definition) is 4. The van der Waals surface area contributed by atoms with Crippen LogP contribution in [0.5, 0.6) is 0 Å². The molecule has 0 radical (unpaired) electrons. The fraction of sp³-hybridized carbons (Fsp3) is 0.188. The second kappa shape index (κ2) is 5.25. The second-order valence-electron chi connectivity index (χ2n) is 4.93. The number of aromatic carboxylic acids is 1. The summed E-state index contributed by atoms with van der Waals surface area (Å²) < 4.78 is 0. The Labute approximate surface area is 122 Å². The predicted octanol–water partition coefficient (Wildman–Crippen LogP) is 2.21. The summed E-state index contributed by atoms with van der Waals surface area (Å²) in [6.07, 6.45) is 2.29. The van der Waals surface area contributed by atoms with Gasteiger partial charge in [-0.1, -0.05) is 12.1 Å². The number of rotatable bonds is 2. The molecule has 3 rings (SSSR count). The van der Waals surface area contributed by atoms with E-state index in [2.05, 4.69) is 16.0 Å². The highest BCUT2D eigenvalue weighted by atomic mass is 16.4. The van der Waals surface area contributed by atoms with Gasteiger partial charge in [0.2, 0.25) is 0 Å². The summed E-state index contributed by atoms with van der Waals surface area (Å²) in [4.78, 5) is 17.6. The normalized spacial score (nSPS) is 13.4. The third-order valence-corrected chi connectivity index (χ3v) is 3.69. The standard InChI is InChI=1S/C16H13N3O2/c17-9-11-4-6-18-15(8-11)19-7-5-13-12(10-19)2-1-3-14(13)16(20)21/h1-4,6,8H,5,7,10H2,(H,20,21). The summed E-state index contributed by atoms with van der Waals surface area (Å²) in [5, 5.41) is 18.2. The van der Waals surface area contributed by atoms with Crippen LogP contribution in [-0.2, 0) is 13.0 Å². The number of nitrogens with zero attached hydrogens (tertiary/aromatic N) is 3. The number of anilines is 1. The fourth-order valence-corrected chi connectivity index (χ4v) is 2.67. The van der Waals surface area contributed by atoms with Crippen LogP contribution in [-0.4, -0.2) is 22.6 Å². The van der Waals surface area contributed by atoms with Crippen molar-refractivity contribution in [2.24, 2.45) is 0 Å². The first-order valence-corrected chi connectivity index (χ1v) is 6.64. The molecule has 104 valence electrons. The highest BCUT2D eigenvalue weighted by molar-refractivity contribution is 5.90. The number of nitriles is 1. The van der Waals surface area contributed by atoms with Crippen molar-refractivity contribution in [3.05, 3.63) is 58.8 Å². The molecule has 21 heavy (non-hydrogen) atoms. The van der Waals surface area contributed by atoms with E-state index < -0.39 is 5.97 Å². The number of pyridine rings is 1. The van der Waals surface area contributed by atoms with E-state index >= 15 is 0 Å². The molecule has 0 spiro atoms. The van der Waals surface area contributed by atoms with Gasteiger partial charge in [0.1, 0.15) is 5.82 Å². The SMILES string of the molecule is N#Cc1ccnc(N2CCc3c(cccc3C(=O)O)C2)c1. The summed E-state index contributed by atoms with van der Waals surface area (Å²) >= 11 is 0. The first-order chi connectivity index (χ1) is 10.2. The molecule has 1 aromatic carbocycles. The molecular formula is C16H13N3O2. The average molecular weight is 279 g/mol. The molecule has 1 aliphatic rings. The third kappa shape index (κ3) is 2.43. The summed E-state index contributed by atoms with van der Waals surface area (Å²) in [7, 11) is 0. The van der Waals surface area contributed by atoms with Crippen LogP contribution in [0.25, 0.3) is 0 Å². The summed E-state index contributed by atoms with van der Waals surface area (Å²) in [5.41, 5.74) is 2.86. The minimum atomic E-state index is -0.884. The average Bonchev–Trinajstić information content (AvgIpc) is 2.53. The zero-order valence-corrected chi connectivity index (χ0v) is 11.3. The van der Waals surface area contributed by atoms with Gasteiger partial charge in [-0.3, -0.25) is 0 Å². The van der Waals surface area contributed by atoms with Crippen LogP contribution < -0.4 is 4.90 Å². The van der Waals surface area contributed by atoms with Gasteiger partial charge in [-0.2, -0.15) is 5.26 Å². The van der Waals surface area contributed by atoms with Gasteiger partial charge in [0.15, 0.2) is 0 Å². The van der Waals surface area contributed by atoms with Crippen molar-refractivity contribution in [2.45, 2.75) is 13.0 Å². The van der Waals surface area contributed by atoms with Gasteiger partial charge in [-0.05, 0) is 35.7 Å². The van der Waals surface area contributed by atoms with Crippen molar-refractivity contribution in [3.8, 4) is 6.07 Å². The Hall–Kier alpha value is -2.87. The van der Waals surface area contributed by atoms with Gasteiger partial charge in [0.05, 0.1) is 17.2 Å². The molecule has 0 fully saturated rings. The maximum atomic E-state index is 11.2. The third-order valence-electron chi connectivity index (χ3n) is 3.69. The number of hydrogen-bond donors (Lipinski definition) is 1. The molecule has 0 atom stereocenters. The monoisotopic (exact) mass is 279 g/mol. The summed E-state index contributed by atoms with van der Waals surface area (Å²) in [5.74, 6) is -0.134. The molecule has 0 amide bonds. The molecule has 0 unspecified atom stereocenters. The molecule has 1 N–H and O–H groups in total. The summed E-state index contributed by atoms with van der Waals surface area (Å²) in [6.45, 7) is 1.30. The zero-order chi connectivity index (χ0) is 14.8. The minimum Gasteiger partial charge on any atom is -0.478 e. The molecule has 2 heterocycles. The Bertz CT molecular complexity index is 749. The predicted molar refractivity (Wildman–Crippen MR) is 77.1 cm³/mol. The summed E-state index contributed by atoms with van der Waals surface area (Å²) in [6, 6.07) is 10.9. The van der Waals surface area contributed by atoms with Gasteiger partial charge in [-0.15, -0.1) is 0 Å². The zero-order valence-electron chi connectivity index (χ0n) is 11.3. The molecule has 5 nitrogen and oxygen atoms in total. The maximum absolute atomic E-state index is 11.2. The van der Waals surface area contributed by atoms with Crippen LogP contribution in [0, 0.1) is 11.3 Å². The Morgan fingerprint density at radius 1 is 1.38 bits per heavy atom. The highest BCUT2D eigenvalue weighted by Gasteiger charge is 2.22. The quantitative estimate of drug-likeness (QED) is 0.912. The number of carbonyl (C=O) groups is 1. The van der Waals surface area contributed by atoms with Gasteiger partial charge < -0.3 is 10.0 Å². The maximum Gasteiger partial charge on any atom is 0.335 e. The van der Waals surface area contributed by atoms with Crippen molar-refractivity contribution in [3.63, 3.8) is 0 Å². The largest absolute Gasteiger partial charge is 0.478 e. The van der Waals surface area contributed by atoms with E-state index in [4.69, 9.17) is 5.26 Å². The van der Waals surface area contributed by atoms with E-state index in [1.54, 1.807) is 30.5 Å². The van der Waals surface area contributed by atoms with Gasteiger partial charge in [0, 0.05) is 19.3 Å². The molecule has 2 aromatic rings. The number of carboxylic acid groups (broad SMARTS) is 1. The van der Waals surface area contributed by atoms with E-state index in [0.29, 0.717) is 30.6 Å². The number of aromatic nitrogens is 1. The number of fused-ring (bicyclic) bond motifs is 1. The molecule has 5 heteroatoms. The lowest BCUT2D eigenvalue weighted by Gasteiger charge is -2.30. The Morgan fingerprint density at radius 2 is 2.24 bits per heavy atom. The Morgan fingerprint density at radius 3 is 3.00 bits per heavy atom. The molecule has 1 aromatic heterocycles. The second-order valence-corrected chi connectivity index (χ2v) is 4.93. The molecule has 0 saturated carbocycles. The first kappa shape index (κ1) is 13.1. The van der Waals surface area contributed by atoms with Crippen LogP contribution in [0.15, 0.2) is 36.5 Å². The van der Waals surface area contributed by atoms with Gasteiger partial charge >= 0.3 is 5.97 Å². The Kier molecular flexibility index (Phi) is 3.28. The van der Waals surface area contributed by atoms with Crippen molar-refractivity contribution in [1.29, 1.82) is 5.26 Å². The van der Waals surface area contributed by atoms with Gasteiger partial charge in [-0.25, -0.2) is 9.78 Å².